The molecule has 1 saturated carbocycles. The Balaban J connectivity index is 1.66. The van der Waals surface area contributed by atoms with Crippen LogP contribution in [0.4, 0.5) is 0 Å². The first-order valence-electron chi connectivity index (χ1n) is 11.0. The summed E-state index contributed by atoms with van der Waals surface area (Å²) < 4.78 is 2.31. The highest BCUT2D eigenvalue weighted by Gasteiger charge is 2.25. The van der Waals surface area contributed by atoms with Crippen molar-refractivity contribution in [2.24, 2.45) is 0 Å². The quantitative estimate of drug-likeness (QED) is 0.436. The van der Waals surface area contributed by atoms with E-state index in [0.717, 1.165) is 54.8 Å². The van der Waals surface area contributed by atoms with Crippen LogP contribution in [0.3, 0.4) is 0 Å². The van der Waals surface area contributed by atoms with E-state index in [0.29, 0.717) is 12.6 Å². The highest BCUT2D eigenvalue weighted by atomic mass is 32.2. The van der Waals surface area contributed by atoms with E-state index in [-0.39, 0.29) is 5.91 Å². The second kappa shape index (κ2) is 9.65. The summed E-state index contributed by atoms with van der Waals surface area (Å²) in [4.78, 5) is 26.0. The van der Waals surface area contributed by atoms with Crippen LogP contribution in [-0.4, -0.2) is 38.1 Å². The van der Waals surface area contributed by atoms with Gasteiger partial charge in [-0.3, -0.25) is 4.79 Å². The zero-order chi connectivity index (χ0) is 20.9. The van der Waals surface area contributed by atoms with Crippen LogP contribution in [0.25, 0.3) is 11.2 Å². The molecule has 0 N–H and O–H groups in total. The molecular weight excluding hydrogens is 392 g/mol. The third-order valence-electron chi connectivity index (χ3n) is 5.95. The molecule has 0 bridgehead atoms. The van der Waals surface area contributed by atoms with Gasteiger partial charge in [0, 0.05) is 29.2 Å². The molecule has 1 amide bonds. The summed E-state index contributed by atoms with van der Waals surface area (Å²) in [5.74, 6) is 1.04. The molecule has 0 spiro atoms. The van der Waals surface area contributed by atoms with E-state index in [1.165, 1.54) is 17.7 Å². The van der Waals surface area contributed by atoms with Crippen molar-refractivity contribution in [3.63, 3.8) is 0 Å². The number of nitrogens with zero attached hydrogens (tertiary/aromatic N) is 4. The Kier molecular flexibility index (Phi) is 6.72. The summed E-state index contributed by atoms with van der Waals surface area (Å²) in [6.07, 6.45) is 10.7. The molecule has 1 aliphatic carbocycles. The molecule has 0 unspecified atom stereocenters. The summed E-state index contributed by atoms with van der Waals surface area (Å²) in [6.45, 7) is 3.42. The van der Waals surface area contributed by atoms with E-state index in [9.17, 15) is 4.79 Å². The van der Waals surface area contributed by atoms with E-state index in [1.807, 2.05) is 53.8 Å². The first kappa shape index (κ1) is 20.9. The highest BCUT2D eigenvalue weighted by molar-refractivity contribution is 7.98. The molecule has 158 valence electrons. The van der Waals surface area contributed by atoms with Crippen molar-refractivity contribution < 1.29 is 4.79 Å². The lowest BCUT2D eigenvalue weighted by molar-refractivity contribution is 0.0734. The standard InChI is InChI=1S/C24H30N4OS/c1-3-4-16-27(24(29)18-11-13-20(30-2)14-12-18)17-22-26-21-10-7-15-25-23(21)28(22)19-8-5-6-9-19/h7,10-15,19H,3-6,8-9,16-17H2,1-2H3. The zero-order valence-corrected chi connectivity index (χ0v) is 18.7. The van der Waals surface area contributed by atoms with Crippen LogP contribution in [0.2, 0.25) is 0 Å². The van der Waals surface area contributed by atoms with Gasteiger partial charge in [0.2, 0.25) is 0 Å². The minimum atomic E-state index is 0.0779. The molecule has 0 atom stereocenters. The number of thioether (sulfide) groups is 1. The fourth-order valence-corrected chi connectivity index (χ4v) is 4.73. The topological polar surface area (TPSA) is 51.0 Å². The summed E-state index contributed by atoms with van der Waals surface area (Å²) >= 11 is 1.69. The number of unbranched alkanes of at least 4 members (excludes halogenated alkanes) is 1. The molecule has 0 aliphatic heterocycles. The van der Waals surface area contributed by atoms with Crippen LogP contribution >= 0.6 is 11.8 Å². The van der Waals surface area contributed by atoms with Gasteiger partial charge in [-0.25, -0.2) is 9.97 Å². The third-order valence-corrected chi connectivity index (χ3v) is 6.69. The van der Waals surface area contributed by atoms with Gasteiger partial charge in [-0.1, -0.05) is 26.2 Å². The minimum Gasteiger partial charge on any atom is -0.331 e. The molecular formula is C24H30N4OS. The summed E-state index contributed by atoms with van der Waals surface area (Å²) in [6, 6.07) is 12.3. The van der Waals surface area contributed by atoms with E-state index in [4.69, 9.17) is 4.98 Å². The average Bonchev–Trinajstić information content (AvgIpc) is 3.43. The van der Waals surface area contributed by atoms with Crippen molar-refractivity contribution in [2.75, 3.05) is 12.8 Å². The number of carbonyl (C=O) groups excluding carboxylic acids is 1. The van der Waals surface area contributed by atoms with Crippen molar-refractivity contribution >= 4 is 28.8 Å². The molecule has 1 fully saturated rings. The Labute approximate surface area is 182 Å². The maximum atomic E-state index is 13.4. The highest BCUT2D eigenvalue weighted by Crippen LogP contribution is 2.33. The Morgan fingerprint density at radius 2 is 1.97 bits per heavy atom. The van der Waals surface area contributed by atoms with Gasteiger partial charge in [0.25, 0.3) is 5.91 Å². The summed E-state index contributed by atoms with van der Waals surface area (Å²) in [5.41, 5.74) is 2.61. The van der Waals surface area contributed by atoms with Crippen LogP contribution < -0.4 is 0 Å². The molecule has 30 heavy (non-hydrogen) atoms. The number of pyridine rings is 1. The lowest BCUT2D eigenvalue weighted by Crippen LogP contribution is -2.33. The predicted molar refractivity (Wildman–Crippen MR) is 123 cm³/mol. The minimum absolute atomic E-state index is 0.0779. The Morgan fingerprint density at radius 1 is 1.20 bits per heavy atom. The second-order valence-electron chi connectivity index (χ2n) is 7.99. The molecule has 6 heteroatoms. The van der Waals surface area contributed by atoms with Gasteiger partial charge in [0.15, 0.2) is 5.65 Å². The van der Waals surface area contributed by atoms with Crippen molar-refractivity contribution in [3.8, 4) is 0 Å². The van der Waals surface area contributed by atoms with Crippen molar-refractivity contribution in [2.45, 2.75) is 62.9 Å². The Morgan fingerprint density at radius 3 is 2.67 bits per heavy atom. The zero-order valence-electron chi connectivity index (χ0n) is 17.9. The predicted octanol–water partition coefficient (Wildman–Crippen LogP) is 5.71. The molecule has 5 nitrogen and oxygen atoms in total. The third kappa shape index (κ3) is 4.38. The monoisotopic (exact) mass is 422 g/mol. The van der Waals surface area contributed by atoms with Gasteiger partial charge in [-0.15, -0.1) is 11.8 Å². The smallest absolute Gasteiger partial charge is 0.254 e. The normalized spacial score (nSPS) is 14.5. The molecule has 2 aromatic heterocycles. The van der Waals surface area contributed by atoms with Crippen LogP contribution in [0.15, 0.2) is 47.5 Å². The van der Waals surface area contributed by atoms with Gasteiger partial charge in [0.1, 0.15) is 11.3 Å². The number of amides is 1. The molecule has 2 heterocycles. The van der Waals surface area contributed by atoms with Crippen molar-refractivity contribution in [1.29, 1.82) is 0 Å². The van der Waals surface area contributed by atoms with E-state index in [2.05, 4.69) is 16.5 Å². The van der Waals surface area contributed by atoms with Gasteiger partial charge in [-0.05, 0) is 61.9 Å². The first-order valence-corrected chi connectivity index (χ1v) is 12.2. The number of hydrogen-bond acceptors (Lipinski definition) is 4. The first-order chi connectivity index (χ1) is 14.7. The van der Waals surface area contributed by atoms with Gasteiger partial charge in [-0.2, -0.15) is 0 Å². The maximum absolute atomic E-state index is 13.4. The van der Waals surface area contributed by atoms with Crippen molar-refractivity contribution in [1.82, 2.24) is 19.4 Å². The van der Waals surface area contributed by atoms with Crippen LogP contribution in [0.5, 0.6) is 0 Å². The number of rotatable bonds is 8. The number of aromatic nitrogens is 3. The van der Waals surface area contributed by atoms with Crippen LogP contribution in [0, 0.1) is 0 Å². The molecule has 1 aromatic carbocycles. The molecule has 1 aliphatic rings. The number of hydrogen-bond donors (Lipinski definition) is 0. The molecule has 4 rings (SSSR count). The molecule has 3 aromatic rings. The largest absolute Gasteiger partial charge is 0.331 e. The van der Waals surface area contributed by atoms with E-state index < -0.39 is 0 Å². The fourth-order valence-electron chi connectivity index (χ4n) is 4.32. The van der Waals surface area contributed by atoms with Gasteiger partial charge >= 0.3 is 0 Å². The summed E-state index contributed by atoms with van der Waals surface area (Å²) in [7, 11) is 0. The Bertz CT molecular complexity index is 992. The maximum Gasteiger partial charge on any atom is 0.254 e. The lowest BCUT2D eigenvalue weighted by Gasteiger charge is -2.24. The van der Waals surface area contributed by atoms with Crippen LogP contribution in [0.1, 0.15) is 67.7 Å². The van der Waals surface area contributed by atoms with Crippen LogP contribution in [-0.2, 0) is 6.54 Å². The SMILES string of the molecule is CCCCN(Cc1nc2cccnc2n1C1CCCC1)C(=O)c1ccc(SC)cc1. The van der Waals surface area contributed by atoms with Gasteiger partial charge < -0.3 is 9.47 Å². The molecule has 0 saturated heterocycles. The Hall–Kier alpha value is -2.34. The number of benzene rings is 1. The molecule has 0 radical (unpaired) electrons. The summed E-state index contributed by atoms with van der Waals surface area (Å²) in [5, 5.41) is 0. The van der Waals surface area contributed by atoms with E-state index >= 15 is 0 Å². The van der Waals surface area contributed by atoms with Gasteiger partial charge in [0.05, 0.1) is 6.54 Å². The van der Waals surface area contributed by atoms with Crippen molar-refractivity contribution in [3.05, 3.63) is 54.0 Å². The van der Waals surface area contributed by atoms with E-state index in [1.54, 1.807) is 11.8 Å². The lowest BCUT2D eigenvalue weighted by atomic mass is 10.2. The average molecular weight is 423 g/mol. The number of imidazole rings is 1. The second-order valence-corrected chi connectivity index (χ2v) is 8.87. The fraction of sp³-hybridized carbons (Fsp3) is 0.458. The number of carbonyl (C=O) groups is 1. The number of fused-ring (bicyclic) bond motifs is 1.